The van der Waals surface area contributed by atoms with Gasteiger partial charge in [0, 0.05) is 12.4 Å². The molecule has 3 heterocycles. The highest BCUT2D eigenvalue weighted by Gasteiger charge is 2.13. The SMILES string of the molecule is Cc1cccnc1Cn1c(CCl)nc2cc(Cl)cnc21. The first-order chi connectivity index (χ1) is 9.69. The van der Waals surface area contributed by atoms with Crippen LogP contribution in [0.25, 0.3) is 11.2 Å². The minimum absolute atomic E-state index is 0.319. The second-order valence-corrected chi connectivity index (χ2v) is 5.21. The fourth-order valence-corrected chi connectivity index (χ4v) is 2.49. The fraction of sp³-hybridized carbons (Fsp3) is 0.214. The molecular formula is C14H12Cl2N4. The molecule has 3 aromatic heterocycles. The Bertz CT molecular complexity index is 767. The molecule has 0 amide bonds. The summed E-state index contributed by atoms with van der Waals surface area (Å²) in [7, 11) is 0. The van der Waals surface area contributed by atoms with E-state index in [1.807, 2.05) is 23.6 Å². The zero-order valence-corrected chi connectivity index (χ0v) is 12.4. The third-order valence-corrected chi connectivity index (χ3v) is 3.62. The van der Waals surface area contributed by atoms with Crippen LogP contribution in [-0.2, 0) is 12.4 Å². The van der Waals surface area contributed by atoms with Gasteiger partial charge in [-0.2, -0.15) is 0 Å². The number of fused-ring (bicyclic) bond motifs is 1. The Morgan fingerprint density at radius 1 is 1.30 bits per heavy atom. The molecule has 0 aromatic carbocycles. The van der Waals surface area contributed by atoms with Gasteiger partial charge in [0.2, 0.25) is 0 Å². The molecule has 3 rings (SSSR count). The lowest BCUT2D eigenvalue weighted by Gasteiger charge is -2.08. The van der Waals surface area contributed by atoms with E-state index in [0.717, 1.165) is 28.2 Å². The van der Waals surface area contributed by atoms with Gasteiger partial charge >= 0.3 is 0 Å². The molecule has 0 aliphatic carbocycles. The first-order valence-corrected chi connectivity index (χ1v) is 7.07. The Morgan fingerprint density at radius 2 is 2.15 bits per heavy atom. The number of rotatable bonds is 3. The summed E-state index contributed by atoms with van der Waals surface area (Å²) >= 11 is 11.9. The molecule has 20 heavy (non-hydrogen) atoms. The monoisotopic (exact) mass is 306 g/mol. The summed E-state index contributed by atoms with van der Waals surface area (Å²) in [5.74, 6) is 1.08. The summed E-state index contributed by atoms with van der Waals surface area (Å²) in [6, 6.07) is 5.75. The smallest absolute Gasteiger partial charge is 0.160 e. The minimum atomic E-state index is 0.319. The van der Waals surface area contributed by atoms with Crippen LogP contribution >= 0.6 is 23.2 Å². The number of aryl methyl sites for hydroxylation is 1. The van der Waals surface area contributed by atoms with Gasteiger partial charge in [0.15, 0.2) is 5.65 Å². The standard InChI is InChI=1S/C14H12Cl2N4/c1-9-3-2-4-17-12(9)8-20-13(6-15)19-11-5-10(16)7-18-14(11)20/h2-5,7H,6,8H2,1H3. The molecule has 0 bridgehead atoms. The minimum Gasteiger partial charge on any atom is -0.306 e. The van der Waals surface area contributed by atoms with E-state index in [1.165, 1.54) is 0 Å². The van der Waals surface area contributed by atoms with Crippen molar-refractivity contribution in [3.05, 3.63) is 52.7 Å². The highest BCUT2D eigenvalue weighted by molar-refractivity contribution is 6.31. The average molecular weight is 307 g/mol. The Hall–Kier alpha value is -1.65. The van der Waals surface area contributed by atoms with E-state index < -0.39 is 0 Å². The lowest BCUT2D eigenvalue weighted by molar-refractivity contribution is 0.745. The number of alkyl halides is 1. The third-order valence-electron chi connectivity index (χ3n) is 3.18. The van der Waals surface area contributed by atoms with E-state index in [0.29, 0.717) is 17.4 Å². The van der Waals surface area contributed by atoms with Gasteiger partial charge in [-0.05, 0) is 24.6 Å². The van der Waals surface area contributed by atoms with Crippen LogP contribution in [-0.4, -0.2) is 19.5 Å². The molecule has 4 nitrogen and oxygen atoms in total. The number of aromatic nitrogens is 4. The molecule has 0 fully saturated rings. The van der Waals surface area contributed by atoms with Crippen LogP contribution in [0.2, 0.25) is 5.02 Å². The van der Waals surface area contributed by atoms with Crippen LogP contribution in [0.1, 0.15) is 17.1 Å². The normalized spacial score (nSPS) is 11.2. The number of pyridine rings is 2. The highest BCUT2D eigenvalue weighted by atomic mass is 35.5. The van der Waals surface area contributed by atoms with Gasteiger partial charge in [-0.25, -0.2) is 9.97 Å². The van der Waals surface area contributed by atoms with E-state index in [-0.39, 0.29) is 0 Å². The van der Waals surface area contributed by atoms with Crippen molar-refractivity contribution in [1.82, 2.24) is 19.5 Å². The number of hydrogen-bond acceptors (Lipinski definition) is 3. The van der Waals surface area contributed by atoms with Gasteiger partial charge in [0.25, 0.3) is 0 Å². The number of hydrogen-bond donors (Lipinski definition) is 0. The Kier molecular flexibility index (Phi) is 3.59. The van der Waals surface area contributed by atoms with Gasteiger partial charge in [-0.15, -0.1) is 11.6 Å². The van der Waals surface area contributed by atoms with Gasteiger partial charge in [0.1, 0.15) is 11.3 Å². The van der Waals surface area contributed by atoms with Crippen LogP contribution in [0.3, 0.4) is 0 Å². The maximum absolute atomic E-state index is 5.98. The van der Waals surface area contributed by atoms with E-state index in [1.54, 1.807) is 18.5 Å². The summed E-state index contributed by atoms with van der Waals surface area (Å²) in [6.45, 7) is 2.63. The van der Waals surface area contributed by atoms with Crippen molar-refractivity contribution in [2.75, 3.05) is 0 Å². The van der Waals surface area contributed by atoms with Crippen LogP contribution < -0.4 is 0 Å². The topological polar surface area (TPSA) is 43.6 Å². The Balaban J connectivity index is 2.12. The van der Waals surface area contributed by atoms with Crippen molar-refractivity contribution in [3.63, 3.8) is 0 Å². The largest absolute Gasteiger partial charge is 0.306 e. The average Bonchev–Trinajstić information content (AvgIpc) is 2.78. The third kappa shape index (κ3) is 2.37. The molecular weight excluding hydrogens is 295 g/mol. The molecule has 0 saturated heterocycles. The molecule has 0 spiro atoms. The molecule has 0 saturated carbocycles. The summed E-state index contributed by atoms with van der Waals surface area (Å²) in [4.78, 5) is 13.2. The molecule has 6 heteroatoms. The van der Waals surface area contributed by atoms with Crippen molar-refractivity contribution in [2.45, 2.75) is 19.3 Å². The Labute approximate surface area is 126 Å². The van der Waals surface area contributed by atoms with Crippen molar-refractivity contribution in [3.8, 4) is 0 Å². The van der Waals surface area contributed by atoms with Crippen LogP contribution in [0, 0.1) is 6.92 Å². The lowest BCUT2D eigenvalue weighted by Crippen LogP contribution is -2.07. The van der Waals surface area contributed by atoms with Crippen LogP contribution in [0.5, 0.6) is 0 Å². The highest BCUT2D eigenvalue weighted by Crippen LogP contribution is 2.20. The second-order valence-electron chi connectivity index (χ2n) is 4.51. The molecule has 0 radical (unpaired) electrons. The first kappa shape index (κ1) is 13.3. The van der Waals surface area contributed by atoms with Gasteiger partial charge in [0.05, 0.1) is 23.1 Å². The second kappa shape index (κ2) is 5.38. The van der Waals surface area contributed by atoms with Crippen LogP contribution in [0.4, 0.5) is 0 Å². The number of halogens is 2. The molecule has 0 atom stereocenters. The molecule has 102 valence electrons. The van der Waals surface area contributed by atoms with Crippen LogP contribution in [0.15, 0.2) is 30.6 Å². The maximum Gasteiger partial charge on any atom is 0.160 e. The van der Waals surface area contributed by atoms with Gasteiger partial charge in [-0.3, -0.25) is 4.98 Å². The van der Waals surface area contributed by atoms with Crippen molar-refractivity contribution >= 4 is 34.4 Å². The summed E-state index contributed by atoms with van der Waals surface area (Å²) in [6.07, 6.45) is 3.40. The molecule has 0 unspecified atom stereocenters. The summed E-state index contributed by atoms with van der Waals surface area (Å²) in [5, 5.41) is 0.567. The van der Waals surface area contributed by atoms with E-state index in [4.69, 9.17) is 23.2 Å². The maximum atomic E-state index is 5.98. The lowest BCUT2D eigenvalue weighted by atomic mass is 10.2. The zero-order valence-electron chi connectivity index (χ0n) is 10.8. The summed E-state index contributed by atoms with van der Waals surface area (Å²) in [5.41, 5.74) is 3.63. The van der Waals surface area contributed by atoms with E-state index in [2.05, 4.69) is 15.0 Å². The quantitative estimate of drug-likeness (QED) is 0.695. The zero-order chi connectivity index (χ0) is 14.1. The molecule has 0 aliphatic rings. The van der Waals surface area contributed by atoms with Gasteiger partial charge in [-0.1, -0.05) is 17.7 Å². The predicted octanol–water partition coefficient (Wildman–Crippen LogP) is 3.58. The van der Waals surface area contributed by atoms with E-state index in [9.17, 15) is 0 Å². The summed E-state index contributed by atoms with van der Waals surface area (Å²) < 4.78 is 1.98. The molecule has 0 N–H and O–H groups in total. The van der Waals surface area contributed by atoms with Crippen molar-refractivity contribution in [1.29, 1.82) is 0 Å². The predicted molar refractivity (Wildman–Crippen MR) is 80.2 cm³/mol. The molecule has 3 aromatic rings. The fourth-order valence-electron chi connectivity index (χ4n) is 2.14. The Morgan fingerprint density at radius 3 is 2.90 bits per heavy atom. The number of nitrogens with zero attached hydrogens (tertiary/aromatic N) is 4. The van der Waals surface area contributed by atoms with Crippen molar-refractivity contribution in [2.24, 2.45) is 0 Å². The van der Waals surface area contributed by atoms with Crippen molar-refractivity contribution < 1.29 is 0 Å². The van der Waals surface area contributed by atoms with Gasteiger partial charge < -0.3 is 4.57 Å². The molecule has 0 aliphatic heterocycles. The first-order valence-electron chi connectivity index (χ1n) is 6.16. The number of imidazole rings is 1. The van der Waals surface area contributed by atoms with E-state index >= 15 is 0 Å².